The number of esters is 1. The molecule has 4 nitrogen and oxygen atoms in total. The average molecular weight is 270 g/mol. The summed E-state index contributed by atoms with van der Waals surface area (Å²) in [6, 6.07) is 9.48. The van der Waals surface area contributed by atoms with Crippen LogP contribution in [-0.2, 0) is 4.74 Å². The highest BCUT2D eigenvalue weighted by molar-refractivity contribution is 5.98. The van der Waals surface area contributed by atoms with Gasteiger partial charge in [0.25, 0.3) is 0 Å². The normalized spacial score (nSPS) is 10.2. The van der Waals surface area contributed by atoms with Crippen molar-refractivity contribution in [3.8, 4) is 11.1 Å². The van der Waals surface area contributed by atoms with Gasteiger partial charge in [0, 0.05) is 32.2 Å². The summed E-state index contributed by atoms with van der Waals surface area (Å²) in [5, 5.41) is 0. The van der Waals surface area contributed by atoms with E-state index in [1.165, 1.54) is 0 Å². The van der Waals surface area contributed by atoms with E-state index < -0.39 is 0 Å². The van der Waals surface area contributed by atoms with Crippen molar-refractivity contribution in [3.63, 3.8) is 0 Å². The minimum atomic E-state index is -0.301. The molecule has 0 atom stereocenters. The summed E-state index contributed by atoms with van der Waals surface area (Å²) in [7, 11) is 3.94. The average Bonchev–Trinajstić information content (AvgIpc) is 2.47. The number of benzene rings is 1. The molecule has 4 heteroatoms. The second-order valence-electron chi connectivity index (χ2n) is 4.58. The Balaban J connectivity index is 2.54. The minimum absolute atomic E-state index is 0.301. The number of ether oxygens (including phenoxy) is 1. The summed E-state index contributed by atoms with van der Waals surface area (Å²) in [5.74, 6) is -0.301. The Morgan fingerprint density at radius 2 is 1.90 bits per heavy atom. The topological polar surface area (TPSA) is 42.4 Å². The molecule has 0 unspecified atom stereocenters. The van der Waals surface area contributed by atoms with Gasteiger partial charge in [-0.05, 0) is 48.4 Å². The largest absolute Gasteiger partial charge is 0.462 e. The predicted molar refractivity (Wildman–Crippen MR) is 80.0 cm³/mol. The molecular weight excluding hydrogens is 252 g/mol. The van der Waals surface area contributed by atoms with Crippen LogP contribution in [0.2, 0.25) is 0 Å². The molecule has 0 aliphatic carbocycles. The van der Waals surface area contributed by atoms with Crippen LogP contribution in [0.1, 0.15) is 17.3 Å². The predicted octanol–water partition coefficient (Wildman–Crippen LogP) is 2.99. The minimum Gasteiger partial charge on any atom is -0.462 e. The standard InChI is InChI=1S/C16H18N2O2/c1-4-20-16(19)14-6-5-13(18(2)3)11-15(14)12-7-9-17-10-8-12/h5-11H,4H2,1-3H3. The summed E-state index contributed by atoms with van der Waals surface area (Å²) >= 11 is 0. The summed E-state index contributed by atoms with van der Waals surface area (Å²) in [5.41, 5.74) is 3.41. The summed E-state index contributed by atoms with van der Waals surface area (Å²) in [4.78, 5) is 18.1. The van der Waals surface area contributed by atoms with E-state index in [1.54, 1.807) is 19.3 Å². The van der Waals surface area contributed by atoms with E-state index >= 15 is 0 Å². The van der Waals surface area contributed by atoms with Crippen LogP contribution in [0.25, 0.3) is 11.1 Å². The molecule has 2 aromatic rings. The summed E-state index contributed by atoms with van der Waals surface area (Å²) < 4.78 is 5.12. The van der Waals surface area contributed by atoms with Gasteiger partial charge in [-0.15, -0.1) is 0 Å². The van der Waals surface area contributed by atoms with Crippen LogP contribution < -0.4 is 4.90 Å². The van der Waals surface area contributed by atoms with E-state index in [4.69, 9.17) is 4.74 Å². The number of nitrogens with zero attached hydrogens (tertiary/aromatic N) is 2. The molecule has 0 aliphatic rings. The molecular formula is C16H18N2O2. The molecule has 104 valence electrons. The fourth-order valence-electron chi connectivity index (χ4n) is 1.97. The maximum absolute atomic E-state index is 12.1. The van der Waals surface area contributed by atoms with E-state index in [0.717, 1.165) is 16.8 Å². The fourth-order valence-corrected chi connectivity index (χ4v) is 1.97. The van der Waals surface area contributed by atoms with Gasteiger partial charge in [-0.3, -0.25) is 4.98 Å². The molecule has 0 spiro atoms. The third kappa shape index (κ3) is 2.96. The first kappa shape index (κ1) is 14.1. The molecule has 2 rings (SSSR count). The highest BCUT2D eigenvalue weighted by Crippen LogP contribution is 2.28. The Labute approximate surface area is 119 Å². The molecule has 1 aromatic carbocycles. The van der Waals surface area contributed by atoms with Crippen molar-refractivity contribution in [1.29, 1.82) is 0 Å². The third-order valence-corrected chi connectivity index (χ3v) is 3.01. The molecule has 1 aromatic heterocycles. The van der Waals surface area contributed by atoms with E-state index in [-0.39, 0.29) is 5.97 Å². The molecule has 0 amide bonds. The highest BCUT2D eigenvalue weighted by Gasteiger charge is 2.15. The number of hydrogen-bond donors (Lipinski definition) is 0. The molecule has 1 heterocycles. The first-order valence-corrected chi connectivity index (χ1v) is 6.52. The van der Waals surface area contributed by atoms with Crippen molar-refractivity contribution >= 4 is 11.7 Å². The second-order valence-corrected chi connectivity index (χ2v) is 4.58. The number of carbonyl (C=O) groups excluding carboxylic acids is 1. The Kier molecular flexibility index (Phi) is 4.35. The van der Waals surface area contributed by atoms with Gasteiger partial charge in [-0.25, -0.2) is 4.79 Å². The zero-order chi connectivity index (χ0) is 14.5. The summed E-state index contributed by atoms with van der Waals surface area (Å²) in [6.07, 6.45) is 3.43. The van der Waals surface area contributed by atoms with E-state index in [1.807, 2.05) is 49.3 Å². The van der Waals surface area contributed by atoms with Crippen LogP contribution >= 0.6 is 0 Å². The van der Waals surface area contributed by atoms with Gasteiger partial charge in [0.1, 0.15) is 0 Å². The zero-order valence-corrected chi connectivity index (χ0v) is 12.0. The Bertz CT molecular complexity index is 595. The van der Waals surface area contributed by atoms with Crippen molar-refractivity contribution in [2.24, 2.45) is 0 Å². The molecule has 0 N–H and O–H groups in total. The lowest BCUT2D eigenvalue weighted by Crippen LogP contribution is -2.11. The lowest BCUT2D eigenvalue weighted by atomic mass is 9.99. The van der Waals surface area contributed by atoms with Crippen molar-refractivity contribution in [2.75, 3.05) is 25.6 Å². The first-order valence-electron chi connectivity index (χ1n) is 6.52. The van der Waals surface area contributed by atoms with E-state index in [9.17, 15) is 4.79 Å². The number of carbonyl (C=O) groups is 1. The van der Waals surface area contributed by atoms with Crippen molar-refractivity contribution in [2.45, 2.75) is 6.92 Å². The molecule has 0 aliphatic heterocycles. The Morgan fingerprint density at radius 1 is 1.20 bits per heavy atom. The van der Waals surface area contributed by atoms with Gasteiger partial charge in [0.05, 0.1) is 12.2 Å². The smallest absolute Gasteiger partial charge is 0.338 e. The van der Waals surface area contributed by atoms with Gasteiger partial charge in [0.15, 0.2) is 0 Å². The molecule has 0 bridgehead atoms. The molecule has 20 heavy (non-hydrogen) atoms. The maximum Gasteiger partial charge on any atom is 0.338 e. The fraction of sp³-hybridized carbons (Fsp3) is 0.250. The number of anilines is 1. The monoisotopic (exact) mass is 270 g/mol. The number of pyridine rings is 1. The van der Waals surface area contributed by atoms with Gasteiger partial charge in [-0.1, -0.05) is 0 Å². The van der Waals surface area contributed by atoms with Crippen LogP contribution in [0.4, 0.5) is 5.69 Å². The Hall–Kier alpha value is -2.36. The molecule has 0 radical (unpaired) electrons. The Morgan fingerprint density at radius 3 is 2.50 bits per heavy atom. The van der Waals surface area contributed by atoms with Crippen molar-refractivity contribution in [1.82, 2.24) is 4.98 Å². The highest BCUT2D eigenvalue weighted by atomic mass is 16.5. The van der Waals surface area contributed by atoms with Crippen molar-refractivity contribution in [3.05, 3.63) is 48.3 Å². The van der Waals surface area contributed by atoms with Gasteiger partial charge in [-0.2, -0.15) is 0 Å². The number of hydrogen-bond acceptors (Lipinski definition) is 4. The van der Waals surface area contributed by atoms with Gasteiger partial charge >= 0.3 is 5.97 Å². The van der Waals surface area contributed by atoms with E-state index in [0.29, 0.717) is 12.2 Å². The quantitative estimate of drug-likeness (QED) is 0.801. The first-order chi connectivity index (χ1) is 9.63. The lowest BCUT2D eigenvalue weighted by molar-refractivity contribution is 0.0527. The SMILES string of the molecule is CCOC(=O)c1ccc(N(C)C)cc1-c1ccncc1. The third-order valence-electron chi connectivity index (χ3n) is 3.01. The van der Waals surface area contributed by atoms with Gasteiger partial charge < -0.3 is 9.64 Å². The van der Waals surface area contributed by atoms with Crippen LogP contribution in [-0.4, -0.2) is 31.7 Å². The van der Waals surface area contributed by atoms with Crippen LogP contribution in [0, 0.1) is 0 Å². The van der Waals surface area contributed by atoms with Crippen LogP contribution in [0.5, 0.6) is 0 Å². The maximum atomic E-state index is 12.1. The van der Waals surface area contributed by atoms with Crippen LogP contribution in [0.3, 0.4) is 0 Å². The summed E-state index contributed by atoms with van der Waals surface area (Å²) in [6.45, 7) is 2.17. The van der Waals surface area contributed by atoms with Gasteiger partial charge in [0.2, 0.25) is 0 Å². The molecule has 0 saturated heterocycles. The zero-order valence-electron chi connectivity index (χ0n) is 12.0. The second kappa shape index (κ2) is 6.19. The van der Waals surface area contributed by atoms with E-state index in [2.05, 4.69) is 4.98 Å². The molecule has 0 saturated carbocycles. The lowest BCUT2D eigenvalue weighted by Gasteiger charge is -2.16. The number of rotatable bonds is 4. The van der Waals surface area contributed by atoms with Crippen molar-refractivity contribution < 1.29 is 9.53 Å². The molecule has 0 fully saturated rings. The number of aromatic nitrogens is 1. The van der Waals surface area contributed by atoms with Crippen LogP contribution in [0.15, 0.2) is 42.7 Å².